The number of carbonyl (C=O) groups is 1. The van der Waals surface area contributed by atoms with E-state index < -0.39 is 5.91 Å². The maximum absolute atomic E-state index is 12.4. The van der Waals surface area contributed by atoms with Crippen molar-refractivity contribution in [2.45, 2.75) is 0 Å². The van der Waals surface area contributed by atoms with Gasteiger partial charge in [-0.2, -0.15) is 5.26 Å². The van der Waals surface area contributed by atoms with E-state index in [1.54, 1.807) is 24.3 Å². The monoisotopic (exact) mass is 354 g/mol. The van der Waals surface area contributed by atoms with Gasteiger partial charge in [-0.3, -0.25) is 4.79 Å². The van der Waals surface area contributed by atoms with Crippen LogP contribution in [0.5, 0.6) is 23.0 Å². The summed E-state index contributed by atoms with van der Waals surface area (Å²) in [5.74, 6) is 0.179. The number of benzene rings is 2. The third-order valence-corrected chi connectivity index (χ3v) is 3.51. The lowest BCUT2D eigenvalue weighted by Crippen LogP contribution is -2.13. The summed E-state index contributed by atoms with van der Waals surface area (Å²) in [7, 11) is 4.30. The topological polar surface area (TPSA) is 101 Å². The third kappa shape index (κ3) is 4.24. The van der Waals surface area contributed by atoms with E-state index in [2.05, 4.69) is 5.32 Å². The highest BCUT2D eigenvalue weighted by Crippen LogP contribution is 2.37. The van der Waals surface area contributed by atoms with E-state index in [9.17, 15) is 15.2 Å². The summed E-state index contributed by atoms with van der Waals surface area (Å²) in [6.45, 7) is 0. The first-order valence-corrected chi connectivity index (χ1v) is 7.54. The zero-order valence-corrected chi connectivity index (χ0v) is 14.6. The number of ether oxygens (including phenoxy) is 3. The molecule has 26 heavy (non-hydrogen) atoms. The molecule has 0 unspecified atom stereocenters. The number of carbonyl (C=O) groups excluding carboxylic acids is 1. The predicted octanol–water partition coefficient (Wildman–Crippen LogP) is 2.96. The third-order valence-electron chi connectivity index (χ3n) is 3.51. The zero-order chi connectivity index (χ0) is 19.1. The molecule has 0 bridgehead atoms. The molecule has 0 spiro atoms. The summed E-state index contributed by atoms with van der Waals surface area (Å²) in [5.41, 5.74) is 0.841. The number of nitrogens with one attached hydrogen (secondary N) is 1. The second kappa shape index (κ2) is 8.44. The highest BCUT2D eigenvalue weighted by atomic mass is 16.5. The fourth-order valence-corrected chi connectivity index (χ4v) is 2.21. The van der Waals surface area contributed by atoms with Crippen LogP contribution in [-0.4, -0.2) is 32.3 Å². The average molecular weight is 354 g/mol. The van der Waals surface area contributed by atoms with E-state index >= 15 is 0 Å². The van der Waals surface area contributed by atoms with Crippen LogP contribution in [0.25, 0.3) is 6.08 Å². The fourth-order valence-electron chi connectivity index (χ4n) is 2.21. The van der Waals surface area contributed by atoms with Crippen molar-refractivity contribution >= 4 is 17.7 Å². The van der Waals surface area contributed by atoms with Gasteiger partial charge in [-0.15, -0.1) is 0 Å². The molecule has 1 amide bonds. The van der Waals surface area contributed by atoms with Crippen molar-refractivity contribution in [1.82, 2.24) is 0 Å². The summed E-state index contributed by atoms with van der Waals surface area (Å²) < 4.78 is 15.2. The van der Waals surface area contributed by atoms with Gasteiger partial charge in [0, 0.05) is 11.8 Å². The van der Waals surface area contributed by atoms with Crippen LogP contribution in [0, 0.1) is 11.3 Å². The number of anilines is 1. The first kappa shape index (κ1) is 18.7. The van der Waals surface area contributed by atoms with Gasteiger partial charge in [0.1, 0.15) is 17.4 Å². The van der Waals surface area contributed by atoms with Gasteiger partial charge in [-0.25, -0.2) is 0 Å². The maximum atomic E-state index is 12.4. The lowest BCUT2D eigenvalue weighted by molar-refractivity contribution is -0.112. The predicted molar refractivity (Wildman–Crippen MR) is 96.4 cm³/mol. The first-order chi connectivity index (χ1) is 12.5. The van der Waals surface area contributed by atoms with Crippen LogP contribution >= 0.6 is 0 Å². The van der Waals surface area contributed by atoms with E-state index in [1.165, 1.54) is 39.5 Å². The van der Waals surface area contributed by atoms with Crippen LogP contribution in [0.2, 0.25) is 0 Å². The normalized spacial score (nSPS) is 10.6. The van der Waals surface area contributed by atoms with Crippen LogP contribution < -0.4 is 19.5 Å². The first-order valence-electron chi connectivity index (χ1n) is 7.54. The van der Waals surface area contributed by atoms with Gasteiger partial charge in [0.2, 0.25) is 5.75 Å². The number of nitrogens with zero attached hydrogens (tertiary/aromatic N) is 1. The molecule has 0 fully saturated rings. The number of nitriles is 1. The second-order valence-electron chi connectivity index (χ2n) is 5.13. The molecule has 0 aliphatic carbocycles. The Bertz CT molecular complexity index is 859. The van der Waals surface area contributed by atoms with E-state index in [1.807, 2.05) is 6.07 Å². The average Bonchev–Trinajstić information content (AvgIpc) is 2.66. The molecule has 7 nitrogen and oxygen atoms in total. The van der Waals surface area contributed by atoms with Gasteiger partial charge in [0.05, 0.1) is 21.3 Å². The van der Waals surface area contributed by atoms with Crippen molar-refractivity contribution in [2.24, 2.45) is 0 Å². The Kier molecular flexibility index (Phi) is 6.06. The van der Waals surface area contributed by atoms with Gasteiger partial charge < -0.3 is 24.6 Å². The van der Waals surface area contributed by atoms with Crippen molar-refractivity contribution in [1.29, 1.82) is 5.26 Å². The van der Waals surface area contributed by atoms with Gasteiger partial charge in [-0.05, 0) is 35.9 Å². The summed E-state index contributed by atoms with van der Waals surface area (Å²) in [6, 6.07) is 11.6. The number of amides is 1. The second-order valence-corrected chi connectivity index (χ2v) is 5.13. The molecule has 2 rings (SSSR count). The van der Waals surface area contributed by atoms with E-state index in [0.29, 0.717) is 17.0 Å². The molecule has 0 saturated heterocycles. The molecule has 0 aliphatic heterocycles. The van der Waals surface area contributed by atoms with Crippen molar-refractivity contribution in [2.75, 3.05) is 26.6 Å². The summed E-state index contributed by atoms with van der Waals surface area (Å²) in [4.78, 5) is 12.4. The largest absolute Gasteiger partial charge is 0.502 e. The van der Waals surface area contributed by atoms with Crippen molar-refractivity contribution in [3.8, 4) is 29.1 Å². The molecule has 2 aromatic rings. The van der Waals surface area contributed by atoms with Gasteiger partial charge in [-0.1, -0.05) is 6.07 Å². The molecule has 0 radical (unpaired) electrons. The smallest absolute Gasteiger partial charge is 0.266 e. The lowest BCUT2D eigenvalue weighted by atomic mass is 10.1. The minimum atomic E-state index is -0.577. The van der Waals surface area contributed by atoms with E-state index in [4.69, 9.17) is 14.2 Å². The van der Waals surface area contributed by atoms with Crippen LogP contribution in [0.15, 0.2) is 42.0 Å². The molecular weight excluding hydrogens is 336 g/mol. The van der Waals surface area contributed by atoms with Gasteiger partial charge in [0.25, 0.3) is 5.91 Å². The number of rotatable bonds is 6. The number of methoxy groups -OCH3 is 3. The van der Waals surface area contributed by atoms with Crippen LogP contribution in [0.4, 0.5) is 5.69 Å². The minimum absolute atomic E-state index is 0.123. The van der Waals surface area contributed by atoms with Gasteiger partial charge in [0.15, 0.2) is 11.5 Å². The number of hydrogen-bond donors (Lipinski definition) is 2. The summed E-state index contributed by atoms with van der Waals surface area (Å²) in [5, 5.41) is 21.9. The van der Waals surface area contributed by atoms with Crippen molar-refractivity contribution in [3.63, 3.8) is 0 Å². The van der Waals surface area contributed by atoms with Crippen LogP contribution in [-0.2, 0) is 4.79 Å². The molecular formula is C19H18N2O5. The fraction of sp³-hybridized carbons (Fsp3) is 0.158. The Morgan fingerprint density at radius 3 is 2.31 bits per heavy atom. The Morgan fingerprint density at radius 1 is 1.12 bits per heavy atom. The highest BCUT2D eigenvalue weighted by molar-refractivity contribution is 6.09. The van der Waals surface area contributed by atoms with Crippen molar-refractivity contribution in [3.05, 3.63) is 47.5 Å². The SMILES string of the molecule is COc1cccc(NC(=O)/C(C#N)=C/c2cc(OC)c(O)c(OC)c2)c1. The summed E-state index contributed by atoms with van der Waals surface area (Å²) in [6.07, 6.45) is 1.37. The molecule has 0 aliphatic rings. The molecule has 0 saturated carbocycles. The minimum Gasteiger partial charge on any atom is -0.502 e. The molecule has 7 heteroatoms. The van der Waals surface area contributed by atoms with Crippen molar-refractivity contribution < 1.29 is 24.1 Å². The Labute approximate surface area is 151 Å². The van der Waals surface area contributed by atoms with Crippen LogP contribution in [0.3, 0.4) is 0 Å². The maximum Gasteiger partial charge on any atom is 0.266 e. The summed E-state index contributed by atoms with van der Waals surface area (Å²) >= 11 is 0. The zero-order valence-electron chi connectivity index (χ0n) is 14.6. The molecule has 134 valence electrons. The van der Waals surface area contributed by atoms with E-state index in [0.717, 1.165) is 0 Å². The Balaban J connectivity index is 2.32. The van der Waals surface area contributed by atoms with Gasteiger partial charge >= 0.3 is 0 Å². The number of hydrogen-bond acceptors (Lipinski definition) is 6. The number of phenols is 1. The molecule has 2 aromatic carbocycles. The number of aromatic hydroxyl groups is 1. The molecule has 0 heterocycles. The Morgan fingerprint density at radius 2 is 1.77 bits per heavy atom. The highest BCUT2D eigenvalue weighted by Gasteiger charge is 2.14. The number of phenolic OH excluding ortho intramolecular Hbond substituents is 1. The van der Waals surface area contributed by atoms with Crippen LogP contribution in [0.1, 0.15) is 5.56 Å². The quantitative estimate of drug-likeness (QED) is 0.611. The molecule has 0 aromatic heterocycles. The molecule has 0 atom stereocenters. The lowest BCUT2D eigenvalue weighted by Gasteiger charge is -2.10. The Hall–Kier alpha value is -3.66. The standard InChI is InChI=1S/C19H18N2O5/c1-24-15-6-4-5-14(10-15)21-19(23)13(11-20)7-12-8-16(25-2)18(22)17(9-12)26-3/h4-10,22H,1-3H3,(H,21,23)/b13-7+. The molecule has 2 N–H and O–H groups in total. The van der Waals surface area contributed by atoms with E-state index in [-0.39, 0.29) is 22.8 Å².